The summed E-state index contributed by atoms with van der Waals surface area (Å²) in [5.41, 5.74) is 6.74. The first-order valence-corrected chi connectivity index (χ1v) is 7.75. The van der Waals surface area contributed by atoms with E-state index < -0.39 is 10.0 Å². The Morgan fingerprint density at radius 3 is 2.52 bits per heavy atom. The van der Waals surface area contributed by atoms with E-state index in [1.807, 2.05) is 0 Å². The Bertz CT molecular complexity index is 788. The van der Waals surface area contributed by atoms with Gasteiger partial charge in [-0.05, 0) is 43.3 Å². The molecule has 1 aromatic heterocycles. The molecule has 0 fully saturated rings. The van der Waals surface area contributed by atoms with Gasteiger partial charge in [-0.25, -0.2) is 13.4 Å². The molecule has 0 aliphatic heterocycles. The number of hydrogen-bond donors (Lipinski definition) is 2. The second-order valence-electron chi connectivity index (χ2n) is 4.30. The number of pyridine rings is 1. The lowest BCUT2D eigenvalue weighted by atomic mass is 10.2. The SMILES string of the molecule is Cc1cccc(NS(=O)(=O)c2ccc(C#CCN)cc2)n1. The number of nitrogens with zero attached hydrogens (tertiary/aromatic N) is 1. The second-order valence-corrected chi connectivity index (χ2v) is 5.98. The molecule has 1 heterocycles. The van der Waals surface area contributed by atoms with Gasteiger partial charge >= 0.3 is 0 Å². The zero-order valence-corrected chi connectivity index (χ0v) is 12.3. The fourth-order valence-corrected chi connectivity index (χ4v) is 2.67. The molecule has 0 aliphatic rings. The van der Waals surface area contributed by atoms with Gasteiger partial charge in [-0.3, -0.25) is 4.72 Å². The molecule has 2 aromatic rings. The van der Waals surface area contributed by atoms with E-state index in [0.29, 0.717) is 11.4 Å². The monoisotopic (exact) mass is 301 g/mol. The van der Waals surface area contributed by atoms with Crippen molar-refractivity contribution in [3.05, 3.63) is 53.7 Å². The van der Waals surface area contributed by atoms with Crippen LogP contribution < -0.4 is 10.5 Å². The molecule has 0 bridgehead atoms. The average molecular weight is 301 g/mol. The van der Waals surface area contributed by atoms with Crippen LogP contribution in [-0.4, -0.2) is 19.9 Å². The van der Waals surface area contributed by atoms with E-state index in [1.165, 1.54) is 12.1 Å². The summed E-state index contributed by atoms with van der Waals surface area (Å²) in [6.07, 6.45) is 0. The Kier molecular flexibility index (Phi) is 4.58. The maximum Gasteiger partial charge on any atom is 0.263 e. The van der Waals surface area contributed by atoms with Crippen molar-refractivity contribution in [1.29, 1.82) is 0 Å². The number of nitrogens with two attached hydrogens (primary N) is 1. The van der Waals surface area contributed by atoms with E-state index in [9.17, 15) is 8.42 Å². The summed E-state index contributed by atoms with van der Waals surface area (Å²) in [5, 5.41) is 0. The number of nitrogens with one attached hydrogen (secondary N) is 1. The van der Waals surface area contributed by atoms with Crippen LogP contribution in [0.4, 0.5) is 5.82 Å². The number of sulfonamides is 1. The molecule has 21 heavy (non-hydrogen) atoms. The van der Waals surface area contributed by atoms with Crippen LogP contribution in [0.1, 0.15) is 11.3 Å². The van der Waals surface area contributed by atoms with Crippen LogP contribution in [0.15, 0.2) is 47.4 Å². The van der Waals surface area contributed by atoms with Crippen molar-refractivity contribution < 1.29 is 8.42 Å². The number of hydrogen-bond acceptors (Lipinski definition) is 4. The predicted molar refractivity (Wildman–Crippen MR) is 82.2 cm³/mol. The Hall–Kier alpha value is -2.36. The van der Waals surface area contributed by atoms with Crippen molar-refractivity contribution in [2.45, 2.75) is 11.8 Å². The number of anilines is 1. The third-order valence-electron chi connectivity index (χ3n) is 2.63. The van der Waals surface area contributed by atoms with Crippen molar-refractivity contribution in [3.63, 3.8) is 0 Å². The van der Waals surface area contributed by atoms with Crippen molar-refractivity contribution in [2.24, 2.45) is 5.73 Å². The fraction of sp³-hybridized carbons (Fsp3) is 0.133. The molecule has 0 aliphatic carbocycles. The predicted octanol–water partition coefficient (Wildman–Crippen LogP) is 1.50. The van der Waals surface area contributed by atoms with E-state index in [2.05, 4.69) is 21.5 Å². The highest BCUT2D eigenvalue weighted by atomic mass is 32.2. The van der Waals surface area contributed by atoms with E-state index in [0.717, 1.165) is 5.69 Å². The quantitative estimate of drug-likeness (QED) is 0.841. The molecular formula is C15H15N3O2S. The molecule has 108 valence electrons. The topological polar surface area (TPSA) is 85.1 Å². The lowest BCUT2D eigenvalue weighted by molar-refractivity contribution is 0.601. The number of aromatic nitrogens is 1. The van der Waals surface area contributed by atoms with Gasteiger partial charge in [0.1, 0.15) is 5.82 Å². The van der Waals surface area contributed by atoms with Gasteiger partial charge in [0.15, 0.2) is 0 Å². The fourth-order valence-electron chi connectivity index (χ4n) is 1.67. The number of aryl methyl sites for hydroxylation is 1. The van der Waals surface area contributed by atoms with Gasteiger partial charge < -0.3 is 5.73 Å². The summed E-state index contributed by atoms with van der Waals surface area (Å²) in [7, 11) is -3.65. The summed E-state index contributed by atoms with van der Waals surface area (Å²) >= 11 is 0. The minimum Gasteiger partial charge on any atom is -0.320 e. The van der Waals surface area contributed by atoms with Crippen LogP contribution in [0.25, 0.3) is 0 Å². The van der Waals surface area contributed by atoms with E-state index >= 15 is 0 Å². The van der Waals surface area contributed by atoms with Crippen molar-refractivity contribution in [2.75, 3.05) is 11.3 Å². The molecule has 1 aromatic carbocycles. The van der Waals surface area contributed by atoms with Gasteiger partial charge in [0.2, 0.25) is 0 Å². The van der Waals surface area contributed by atoms with Gasteiger partial charge in [-0.15, -0.1) is 0 Å². The molecule has 3 N–H and O–H groups in total. The second kappa shape index (κ2) is 6.39. The Labute approximate surface area is 124 Å². The molecule has 0 atom stereocenters. The molecule has 5 nitrogen and oxygen atoms in total. The molecule has 0 spiro atoms. The average Bonchev–Trinajstić information content (AvgIpc) is 2.45. The smallest absolute Gasteiger partial charge is 0.263 e. The largest absolute Gasteiger partial charge is 0.320 e. The molecular weight excluding hydrogens is 286 g/mol. The van der Waals surface area contributed by atoms with Crippen molar-refractivity contribution in [1.82, 2.24) is 4.98 Å². The first kappa shape index (κ1) is 15.0. The van der Waals surface area contributed by atoms with Gasteiger partial charge in [-0.1, -0.05) is 17.9 Å². The summed E-state index contributed by atoms with van der Waals surface area (Å²) in [4.78, 5) is 4.27. The van der Waals surface area contributed by atoms with E-state index in [4.69, 9.17) is 5.73 Å². The molecule has 6 heteroatoms. The van der Waals surface area contributed by atoms with Crippen LogP contribution in [0.5, 0.6) is 0 Å². The molecule has 0 radical (unpaired) electrons. The summed E-state index contributed by atoms with van der Waals surface area (Å²) in [6.45, 7) is 2.06. The maximum absolute atomic E-state index is 12.2. The molecule has 0 saturated carbocycles. The molecule has 0 amide bonds. The lowest BCUT2D eigenvalue weighted by Gasteiger charge is -2.07. The third-order valence-corrected chi connectivity index (χ3v) is 4.00. The van der Waals surface area contributed by atoms with Gasteiger partial charge in [-0.2, -0.15) is 0 Å². The zero-order valence-electron chi connectivity index (χ0n) is 11.5. The van der Waals surface area contributed by atoms with Crippen molar-refractivity contribution in [3.8, 4) is 11.8 Å². The highest BCUT2D eigenvalue weighted by Gasteiger charge is 2.14. The zero-order chi connectivity index (χ0) is 15.3. The summed E-state index contributed by atoms with van der Waals surface area (Å²) in [5.74, 6) is 5.84. The third kappa shape index (κ3) is 4.05. The first-order valence-electron chi connectivity index (χ1n) is 6.27. The summed E-state index contributed by atoms with van der Waals surface area (Å²) in [6, 6.07) is 11.4. The lowest BCUT2D eigenvalue weighted by Crippen LogP contribution is -2.14. The van der Waals surface area contributed by atoms with E-state index in [-0.39, 0.29) is 11.4 Å². The Morgan fingerprint density at radius 2 is 1.90 bits per heavy atom. The van der Waals surface area contributed by atoms with Gasteiger partial charge in [0, 0.05) is 11.3 Å². The Balaban J connectivity index is 2.23. The van der Waals surface area contributed by atoms with Gasteiger partial charge in [0.25, 0.3) is 10.0 Å². The van der Waals surface area contributed by atoms with Crippen LogP contribution in [-0.2, 0) is 10.0 Å². The Morgan fingerprint density at radius 1 is 1.19 bits per heavy atom. The molecule has 0 saturated heterocycles. The minimum absolute atomic E-state index is 0.157. The maximum atomic E-state index is 12.2. The van der Waals surface area contributed by atoms with Crippen LogP contribution in [0.3, 0.4) is 0 Å². The first-order chi connectivity index (χ1) is 10.0. The van der Waals surface area contributed by atoms with Gasteiger partial charge in [0.05, 0.1) is 11.4 Å². The number of rotatable bonds is 3. The highest BCUT2D eigenvalue weighted by molar-refractivity contribution is 7.92. The highest BCUT2D eigenvalue weighted by Crippen LogP contribution is 2.15. The number of benzene rings is 1. The summed E-state index contributed by atoms with van der Waals surface area (Å²) < 4.78 is 26.9. The molecule has 2 rings (SSSR count). The van der Waals surface area contributed by atoms with E-state index in [1.54, 1.807) is 37.3 Å². The normalized spacial score (nSPS) is 10.6. The van der Waals surface area contributed by atoms with Crippen LogP contribution in [0, 0.1) is 18.8 Å². The molecule has 0 unspecified atom stereocenters. The minimum atomic E-state index is -3.65. The standard InChI is InChI=1S/C15H15N3O2S/c1-12-4-2-6-15(17-12)18-21(19,20)14-9-7-13(8-10-14)5-3-11-16/h2,4,6-10H,11,16H2,1H3,(H,17,18). The van der Waals surface area contributed by atoms with Crippen LogP contribution in [0.2, 0.25) is 0 Å². The van der Waals surface area contributed by atoms with Crippen molar-refractivity contribution >= 4 is 15.8 Å². The van der Waals surface area contributed by atoms with Crippen LogP contribution >= 0.6 is 0 Å².